The molecule has 16 heavy (non-hydrogen) atoms. The predicted octanol–water partition coefficient (Wildman–Crippen LogP) is 2.73. The molecule has 0 spiro atoms. The molecule has 1 atom stereocenters. The Bertz CT molecular complexity index is 417. The first-order chi connectivity index (χ1) is 7.56. The van der Waals surface area contributed by atoms with Gasteiger partial charge in [0.2, 0.25) is 5.91 Å². The van der Waals surface area contributed by atoms with Crippen LogP contribution in [-0.4, -0.2) is 11.2 Å². The second kappa shape index (κ2) is 4.37. The van der Waals surface area contributed by atoms with Crippen LogP contribution in [0.15, 0.2) is 23.1 Å². The van der Waals surface area contributed by atoms with E-state index in [1.807, 2.05) is 18.2 Å². The number of nitrogens with one attached hydrogen (secondary N) is 1. The average Bonchev–Trinajstić information content (AvgIpc) is 2.19. The number of anilines is 2. The van der Waals surface area contributed by atoms with Crippen LogP contribution in [0, 0.1) is 5.92 Å². The van der Waals surface area contributed by atoms with Crippen LogP contribution in [0.1, 0.15) is 20.3 Å². The fourth-order valence-electron chi connectivity index (χ4n) is 1.74. The summed E-state index contributed by atoms with van der Waals surface area (Å²) >= 11 is 1.62. The third-order valence-corrected chi connectivity index (χ3v) is 3.79. The van der Waals surface area contributed by atoms with Crippen molar-refractivity contribution >= 4 is 29.0 Å². The molecule has 1 unspecified atom stereocenters. The Morgan fingerprint density at radius 1 is 1.50 bits per heavy atom. The maximum atomic E-state index is 11.8. The number of fused-ring (bicyclic) bond motifs is 1. The van der Waals surface area contributed by atoms with E-state index in [0.717, 1.165) is 22.7 Å². The van der Waals surface area contributed by atoms with Crippen LogP contribution in [-0.2, 0) is 4.79 Å². The molecule has 0 saturated carbocycles. The van der Waals surface area contributed by atoms with Crippen molar-refractivity contribution in [2.24, 2.45) is 5.92 Å². The van der Waals surface area contributed by atoms with E-state index in [1.54, 1.807) is 11.8 Å². The summed E-state index contributed by atoms with van der Waals surface area (Å²) in [6.07, 6.45) is 0.894. The molecular formula is C12H16N2OS. The molecule has 0 radical (unpaired) electrons. The molecular weight excluding hydrogens is 220 g/mol. The minimum atomic E-state index is 0.00861. The van der Waals surface area contributed by atoms with E-state index in [2.05, 4.69) is 19.2 Å². The Hall–Kier alpha value is -1.16. The zero-order valence-electron chi connectivity index (χ0n) is 9.49. The molecule has 1 aromatic carbocycles. The number of benzene rings is 1. The number of rotatable bonds is 2. The molecule has 0 aromatic heterocycles. The van der Waals surface area contributed by atoms with Gasteiger partial charge in [-0.3, -0.25) is 4.79 Å². The van der Waals surface area contributed by atoms with Crippen LogP contribution in [0.4, 0.5) is 11.4 Å². The highest BCUT2D eigenvalue weighted by molar-refractivity contribution is 8.01. The van der Waals surface area contributed by atoms with Gasteiger partial charge in [0.15, 0.2) is 0 Å². The summed E-state index contributed by atoms with van der Waals surface area (Å²) in [7, 11) is 0. The zero-order chi connectivity index (χ0) is 11.7. The molecule has 0 fully saturated rings. The Morgan fingerprint density at radius 3 is 2.94 bits per heavy atom. The first kappa shape index (κ1) is 11.3. The number of nitrogen functional groups attached to an aromatic ring is 1. The van der Waals surface area contributed by atoms with Gasteiger partial charge in [0.05, 0.1) is 10.9 Å². The standard InChI is InChI=1S/C12H16N2OS/c1-7(2)5-11-12(15)14-9-4-3-8(13)6-10(9)16-11/h3-4,6-7,11H,5,13H2,1-2H3,(H,14,15). The Labute approximate surface area is 99.8 Å². The molecule has 1 aliphatic rings. The molecule has 1 amide bonds. The third kappa shape index (κ3) is 2.32. The topological polar surface area (TPSA) is 55.1 Å². The van der Waals surface area contributed by atoms with Crippen LogP contribution in [0.2, 0.25) is 0 Å². The van der Waals surface area contributed by atoms with Gasteiger partial charge in [-0.2, -0.15) is 0 Å². The molecule has 4 heteroatoms. The number of nitrogens with two attached hydrogens (primary N) is 1. The van der Waals surface area contributed by atoms with Gasteiger partial charge >= 0.3 is 0 Å². The van der Waals surface area contributed by atoms with Crippen molar-refractivity contribution < 1.29 is 4.79 Å². The highest BCUT2D eigenvalue weighted by Crippen LogP contribution is 2.38. The summed E-state index contributed by atoms with van der Waals surface area (Å²) in [5, 5.41) is 2.94. The van der Waals surface area contributed by atoms with Gasteiger partial charge < -0.3 is 11.1 Å². The minimum absolute atomic E-state index is 0.00861. The number of hydrogen-bond donors (Lipinski definition) is 2. The molecule has 86 valence electrons. The summed E-state index contributed by atoms with van der Waals surface area (Å²) in [6, 6.07) is 5.59. The van der Waals surface area contributed by atoms with Crippen LogP contribution >= 0.6 is 11.8 Å². The van der Waals surface area contributed by atoms with Gasteiger partial charge in [0.25, 0.3) is 0 Å². The molecule has 0 aliphatic carbocycles. The van der Waals surface area contributed by atoms with Gasteiger partial charge in [-0.25, -0.2) is 0 Å². The Kier molecular flexibility index (Phi) is 3.10. The van der Waals surface area contributed by atoms with Crippen molar-refractivity contribution in [2.45, 2.75) is 30.4 Å². The van der Waals surface area contributed by atoms with Crippen LogP contribution in [0.5, 0.6) is 0 Å². The molecule has 0 bridgehead atoms. The zero-order valence-corrected chi connectivity index (χ0v) is 10.3. The maximum absolute atomic E-state index is 11.8. The van der Waals surface area contributed by atoms with E-state index >= 15 is 0 Å². The van der Waals surface area contributed by atoms with Crippen molar-refractivity contribution in [2.75, 3.05) is 11.1 Å². The van der Waals surface area contributed by atoms with Gasteiger partial charge in [-0.05, 0) is 30.5 Å². The van der Waals surface area contributed by atoms with E-state index in [1.165, 1.54) is 0 Å². The number of carbonyl (C=O) groups is 1. The molecule has 1 aliphatic heterocycles. The number of carbonyl (C=O) groups excluding carboxylic acids is 1. The molecule has 3 N–H and O–H groups in total. The predicted molar refractivity (Wildman–Crippen MR) is 68.6 cm³/mol. The molecule has 1 heterocycles. The van der Waals surface area contributed by atoms with Crippen molar-refractivity contribution in [3.63, 3.8) is 0 Å². The van der Waals surface area contributed by atoms with E-state index in [0.29, 0.717) is 5.92 Å². The lowest BCUT2D eigenvalue weighted by molar-refractivity contribution is -0.116. The summed E-state index contributed by atoms with van der Waals surface area (Å²) in [6.45, 7) is 4.26. The first-order valence-corrected chi connectivity index (χ1v) is 6.31. The third-order valence-electron chi connectivity index (χ3n) is 2.51. The largest absolute Gasteiger partial charge is 0.399 e. The summed E-state index contributed by atoms with van der Waals surface area (Å²) in [4.78, 5) is 12.9. The first-order valence-electron chi connectivity index (χ1n) is 5.43. The Morgan fingerprint density at radius 2 is 2.25 bits per heavy atom. The summed E-state index contributed by atoms with van der Waals surface area (Å²) in [5.41, 5.74) is 7.36. The fourth-order valence-corrected chi connectivity index (χ4v) is 3.15. The summed E-state index contributed by atoms with van der Waals surface area (Å²) in [5.74, 6) is 0.627. The van der Waals surface area contributed by atoms with Crippen LogP contribution < -0.4 is 11.1 Å². The normalized spacial score (nSPS) is 19.4. The smallest absolute Gasteiger partial charge is 0.237 e. The van der Waals surface area contributed by atoms with Crippen LogP contribution in [0.25, 0.3) is 0 Å². The number of amides is 1. The minimum Gasteiger partial charge on any atom is -0.399 e. The van der Waals surface area contributed by atoms with Crippen molar-refractivity contribution in [1.82, 2.24) is 0 Å². The van der Waals surface area contributed by atoms with E-state index in [4.69, 9.17) is 5.73 Å². The lowest BCUT2D eigenvalue weighted by Crippen LogP contribution is -2.30. The summed E-state index contributed by atoms with van der Waals surface area (Å²) < 4.78 is 0. The van der Waals surface area contributed by atoms with Gasteiger partial charge in [0.1, 0.15) is 0 Å². The fraction of sp³-hybridized carbons (Fsp3) is 0.417. The van der Waals surface area contributed by atoms with E-state index in [9.17, 15) is 4.79 Å². The molecule has 1 aromatic rings. The second-order valence-electron chi connectivity index (χ2n) is 4.48. The highest BCUT2D eigenvalue weighted by Gasteiger charge is 2.27. The quantitative estimate of drug-likeness (QED) is 0.776. The average molecular weight is 236 g/mol. The maximum Gasteiger partial charge on any atom is 0.237 e. The van der Waals surface area contributed by atoms with Crippen LogP contribution in [0.3, 0.4) is 0 Å². The SMILES string of the molecule is CC(C)CC1Sc2cc(N)ccc2NC1=O. The lowest BCUT2D eigenvalue weighted by Gasteiger charge is -2.25. The number of hydrogen-bond acceptors (Lipinski definition) is 3. The van der Waals surface area contributed by atoms with Gasteiger partial charge in [0, 0.05) is 10.6 Å². The van der Waals surface area contributed by atoms with Crippen molar-refractivity contribution in [3.8, 4) is 0 Å². The molecule has 2 rings (SSSR count). The second-order valence-corrected chi connectivity index (χ2v) is 5.73. The highest BCUT2D eigenvalue weighted by atomic mass is 32.2. The van der Waals surface area contributed by atoms with Crippen molar-refractivity contribution in [1.29, 1.82) is 0 Å². The molecule has 3 nitrogen and oxygen atoms in total. The van der Waals surface area contributed by atoms with Gasteiger partial charge in [-0.1, -0.05) is 13.8 Å². The van der Waals surface area contributed by atoms with Crippen molar-refractivity contribution in [3.05, 3.63) is 18.2 Å². The Balaban J connectivity index is 2.22. The monoisotopic (exact) mass is 236 g/mol. The lowest BCUT2D eigenvalue weighted by atomic mass is 10.1. The van der Waals surface area contributed by atoms with E-state index in [-0.39, 0.29) is 11.2 Å². The number of thioether (sulfide) groups is 1. The van der Waals surface area contributed by atoms with Gasteiger partial charge in [-0.15, -0.1) is 11.8 Å². The van der Waals surface area contributed by atoms with E-state index < -0.39 is 0 Å². The molecule has 0 saturated heterocycles.